The maximum absolute atomic E-state index is 8.13. The molecule has 0 aliphatic carbocycles. The highest BCUT2D eigenvalue weighted by Gasteiger charge is 1.91. The molecule has 0 saturated carbocycles. The Hall–Kier alpha value is -0.110. The fourth-order valence-corrected chi connectivity index (χ4v) is 0.389. The van der Waals surface area contributed by atoms with E-state index in [2.05, 4.69) is 4.52 Å². The number of hydrogen-bond donors (Lipinski definition) is 2. The maximum atomic E-state index is 8.13. The summed E-state index contributed by atoms with van der Waals surface area (Å²) in [6.45, 7) is 1.93. The second-order valence-corrected chi connectivity index (χ2v) is 1.85. The molecule has 0 aromatic heterocycles. The average Bonchev–Trinajstić information content (AvgIpc) is 1.66. The summed E-state index contributed by atoms with van der Waals surface area (Å²) in [6.07, 6.45) is 3.82. The van der Waals surface area contributed by atoms with Gasteiger partial charge in [0.25, 0.3) is 0 Å². The topological polar surface area (TPSA) is 49.7 Å². The van der Waals surface area contributed by atoms with Crippen molar-refractivity contribution in [1.82, 2.24) is 0 Å². The molecule has 0 radical (unpaired) electrons. The Kier molecular flexibility index (Phi) is 4.97. The molecule has 0 heterocycles. The lowest BCUT2D eigenvalue weighted by Crippen LogP contribution is -1.69. The zero-order valence-corrected chi connectivity index (χ0v) is 5.51. The molecule has 48 valence electrons. The van der Waals surface area contributed by atoms with Gasteiger partial charge in [0.05, 0.1) is 6.26 Å². The molecule has 8 heavy (non-hydrogen) atoms. The van der Waals surface area contributed by atoms with Gasteiger partial charge in [-0.2, -0.15) is 0 Å². The quantitative estimate of drug-likeness (QED) is 0.451. The molecule has 4 heteroatoms. The number of allylic oxidation sites excluding steroid dienone is 1. The minimum absolute atomic E-state index is 0.836. The molecular formula is C4H9O3P. The molecule has 0 bridgehead atoms. The van der Waals surface area contributed by atoms with Crippen LogP contribution in [-0.4, -0.2) is 9.79 Å². The highest BCUT2D eigenvalue weighted by Crippen LogP contribution is 2.24. The Morgan fingerprint density at radius 3 is 2.62 bits per heavy atom. The van der Waals surface area contributed by atoms with Gasteiger partial charge in [-0.25, -0.2) is 0 Å². The molecule has 0 unspecified atom stereocenters. The zero-order valence-electron chi connectivity index (χ0n) is 4.61. The largest absolute Gasteiger partial charge is 0.435 e. The SMILES string of the molecule is CC/C=C/OP(O)O. The van der Waals surface area contributed by atoms with E-state index < -0.39 is 8.60 Å². The molecule has 0 aliphatic heterocycles. The van der Waals surface area contributed by atoms with E-state index in [-0.39, 0.29) is 0 Å². The van der Waals surface area contributed by atoms with E-state index >= 15 is 0 Å². The predicted octanol–water partition coefficient (Wildman–Crippen LogP) is 1.14. The molecule has 0 fully saturated rings. The Morgan fingerprint density at radius 1 is 1.62 bits per heavy atom. The van der Waals surface area contributed by atoms with Crippen molar-refractivity contribution < 1.29 is 14.3 Å². The smallest absolute Gasteiger partial charge is 0.390 e. The molecule has 0 spiro atoms. The second kappa shape index (κ2) is 5.04. The summed E-state index contributed by atoms with van der Waals surface area (Å²) in [6, 6.07) is 0. The average molecular weight is 136 g/mol. The van der Waals surface area contributed by atoms with Crippen LogP contribution in [0.4, 0.5) is 0 Å². The fraction of sp³-hybridized carbons (Fsp3) is 0.500. The summed E-state index contributed by atoms with van der Waals surface area (Å²) in [5.74, 6) is 0. The van der Waals surface area contributed by atoms with Gasteiger partial charge in [-0.1, -0.05) is 6.92 Å². The monoisotopic (exact) mass is 136 g/mol. The first-order chi connectivity index (χ1) is 3.77. The minimum atomic E-state index is -2.20. The second-order valence-electron chi connectivity index (χ2n) is 1.14. The van der Waals surface area contributed by atoms with Crippen LogP contribution in [0.15, 0.2) is 12.3 Å². The predicted molar refractivity (Wildman–Crippen MR) is 31.9 cm³/mol. The summed E-state index contributed by atoms with van der Waals surface area (Å²) >= 11 is 0. The van der Waals surface area contributed by atoms with Gasteiger partial charge in [-0.3, -0.25) is 0 Å². The van der Waals surface area contributed by atoms with Crippen molar-refractivity contribution in [3.8, 4) is 0 Å². The van der Waals surface area contributed by atoms with Crippen molar-refractivity contribution in [1.29, 1.82) is 0 Å². The Morgan fingerprint density at radius 2 is 2.25 bits per heavy atom. The van der Waals surface area contributed by atoms with Crippen molar-refractivity contribution in [2.75, 3.05) is 0 Å². The number of hydrogen-bond acceptors (Lipinski definition) is 3. The molecule has 0 aromatic carbocycles. The molecule has 0 aliphatic rings. The van der Waals surface area contributed by atoms with E-state index in [1.807, 2.05) is 6.92 Å². The van der Waals surface area contributed by atoms with E-state index in [0.717, 1.165) is 6.42 Å². The van der Waals surface area contributed by atoms with Crippen molar-refractivity contribution in [3.05, 3.63) is 12.3 Å². The van der Waals surface area contributed by atoms with Gasteiger partial charge < -0.3 is 14.3 Å². The van der Waals surface area contributed by atoms with Gasteiger partial charge >= 0.3 is 8.60 Å². The molecule has 0 atom stereocenters. The van der Waals surface area contributed by atoms with Crippen LogP contribution < -0.4 is 0 Å². The van der Waals surface area contributed by atoms with Crippen molar-refractivity contribution >= 4 is 8.60 Å². The van der Waals surface area contributed by atoms with Crippen LogP contribution in [0, 0.1) is 0 Å². The van der Waals surface area contributed by atoms with Crippen LogP contribution in [0.3, 0.4) is 0 Å². The molecule has 3 nitrogen and oxygen atoms in total. The Bertz CT molecular complexity index is 71.7. The van der Waals surface area contributed by atoms with E-state index in [0.29, 0.717) is 0 Å². The zero-order chi connectivity index (χ0) is 6.41. The van der Waals surface area contributed by atoms with Crippen LogP contribution >= 0.6 is 8.60 Å². The fourth-order valence-electron chi connectivity index (χ4n) is 0.194. The first kappa shape index (κ1) is 7.89. The summed E-state index contributed by atoms with van der Waals surface area (Å²) in [7, 11) is -2.20. The van der Waals surface area contributed by atoms with Crippen molar-refractivity contribution in [2.24, 2.45) is 0 Å². The third-order valence-corrected chi connectivity index (χ3v) is 0.797. The highest BCUT2D eigenvalue weighted by atomic mass is 31.2. The van der Waals surface area contributed by atoms with Crippen LogP contribution in [0.5, 0.6) is 0 Å². The molecule has 0 saturated heterocycles. The van der Waals surface area contributed by atoms with E-state index in [9.17, 15) is 0 Å². The standard InChI is InChI=1S/C4H9O3P/c1-2-3-4-7-8(5)6/h3-6H,2H2,1H3/b4-3+. The van der Waals surface area contributed by atoms with Gasteiger partial charge in [0.1, 0.15) is 0 Å². The van der Waals surface area contributed by atoms with Crippen LogP contribution in [0.1, 0.15) is 13.3 Å². The van der Waals surface area contributed by atoms with Gasteiger partial charge in [-0.15, -0.1) is 0 Å². The van der Waals surface area contributed by atoms with Gasteiger partial charge in [0.2, 0.25) is 0 Å². The third kappa shape index (κ3) is 5.89. The van der Waals surface area contributed by atoms with Gasteiger partial charge in [0, 0.05) is 0 Å². The van der Waals surface area contributed by atoms with Gasteiger partial charge in [-0.05, 0) is 12.5 Å². The summed E-state index contributed by atoms with van der Waals surface area (Å²) in [5, 5.41) is 0. The summed E-state index contributed by atoms with van der Waals surface area (Å²) < 4.78 is 4.28. The van der Waals surface area contributed by atoms with E-state index in [1.54, 1.807) is 6.08 Å². The highest BCUT2D eigenvalue weighted by molar-refractivity contribution is 7.39. The van der Waals surface area contributed by atoms with Gasteiger partial charge in [0.15, 0.2) is 0 Å². The third-order valence-electron chi connectivity index (χ3n) is 0.487. The lowest BCUT2D eigenvalue weighted by Gasteiger charge is -1.95. The Balaban J connectivity index is 3.03. The molecule has 2 N–H and O–H groups in total. The lowest BCUT2D eigenvalue weighted by atomic mass is 10.5. The maximum Gasteiger partial charge on any atom is 0.390 e. The van der Waals surface area contributed by atoms with Crippen LogP contribution in [0.2, 0.25) is 0 Å². The van der Waals surface area contributed by atoms with Crippen LogP contribution in [-0.2, 0) is 4.52 Å². The lowest BCUT2D eigenvalue weighted by molar-refractivity contribution is 0.342. The number of rotatable bonds is 3. The first-order valence-corrected chi connectivity index (χ1v) is 3.43. The molecular weight excluding hydrogens is 127 g/mol. The van der Waals surface area contributed by atoms with E-state index in [1.165, 1.54) is 6.26 Å². The summed E-state index contributed by atoms with van der Waals surface area (Å²) in [5.41, 5.74) is 0. The summed E-state index contributed by atoms with van der Waals surface area (Å²) in [4.78, 5) is 16.3. The molecule has 0 rings (SSSR count). The van der Waals surface area contributed by atoms with E-state index in [4.69, 9.17) is 9.79 Å². The minimum Gasteiger partial charge on any atom is -0.435 e. The first-order valence-electron chi connectivity index (χ1n) is 2.27. The van der Waals surface area contributed by atoms with Crippen molar-refractivity contribution in [3.63, 3.8) is 0 Å². The van der Waals surface area contributed by atoms with Crippen LogP contribution in [0.25, 0.3) is 0 Å². The normalized spacial score (nSPS) is 11.0. The van der Waals surface area contributed by atoms with Crippen molar-refractivity contribution in [2.45, 2.75) is 13.3 Å². The Labute approximate surface area is 49.6 Å². The molecule has 0 aromatic rings. The molecule has 0 amide bonds.